The largest absolute Gasteiger partial charge is 0.497 e. The molecule has 0 aliphatic rings. The molecule has 3 rings (SSSR count). The van der Waals surface area contributed by atoms with Crippen LogP contribution in [0, 0.1) is 6.92 Å². The van der Waals surface area contributed by atoms with Crippen LogP contribution in [0.25, 0.3) is 10.2 Å². The normalized spacial score (nSPS) is 12.0. The molecule has 124 valence electrons. The van der Waals surface area contributed by atoms with Crippen molar-refractivity contribution in [1.82, 2.24) is 4.98 Å². The third-order valence-corrected chi connectivity index (χ3v) is 4.44. The molecule has 24 heavy (non-hydrogen) atoms. The van der Waals surface area contributed by atoms with Gasteiger partial charge in [0, 0.05) is 5.69 Å². The van der Waals surface area contributed by atoms with E-state index in [2.05, 4.69) is 10.3 Å². The second-order valence-electron chi connectivity index (χ2n) is 5.34. The molecule has 0 saturated heterocycles. The van der Waals surface area contributed by atoms with Crippen LogP contribution in [0.15, 0.2) is 42.5 Å². The van der Waals surface area contributed by atoms with Gasteiger partial charge in [-0.3, -0.25) is 4.79 Å². The summed E-state index contributed by atoms with van der Waals surface area (Å²) in [4.78, 5) is 16.7. The molecule has 1 heterocycles. The first-order chi connectivity index (χ1) is 11.5. The fourth-order valence-electron chi connectivity index (χ4n) is 2.27. The van der Waals surface area contributed by atoms with Crippen LogP contribution in [-0.4, -0.2) is 24.1 Å². The molecule has 1 aromatic heterocycles. The maximum absolute atomic E-state index is 12.3. The second kappa shape index (κ2) is 6.88. The van der Waals surface area contributed by atoms with Gasteiger partial charge in [0.15, 0.2) is 6.10 Å². The van der Waals surface area contributed by atoms with Crippen LogP contribution in [0.2, 0.25) is 0 Å². The van der Waals surface area contributed by atoms with Crippen molar-refractivity contribution >= 4 is 33.1 Å². The quantitative estimate of drug-likeness (QED) is 0.761. The van der Waals surface area contributed by atoms with Gasteiger partial charge in [0.1, 0.15) is 11.5 Å². The molecule has 0 bridgehead atoms. The topological polar surface area (TPSA) is 60.5 Å². The van der Waals surface area contributed by atoms with Gasteiger partial charge in [0.05, 0.1) is 22.3 Å². The molecule has 0 aliphatic heterocycles. The number of nitrogens with one attached hydrogen (secondary N) is 1. The molecular weight excluding hydrogens is 324 g/mol. The molecule has 0 radical (unpaired) electrons. The lowest BCUT2D eigenvalue weighted by molar-refractivity contribution is -0.122. The highest BCUT2D eigenvalue weighted by molar-refractivity contribution is 7.18. The number of rotatable bonds is 5. The Labute approximate surface area is 144 Å². The number of methoxy groups -OCH3 is 1. The highest BCUT2D eigenvalue weighted by Gasteiger charge is 2.15. The van der Waals surface area contributed by atoms with Crippen LogP contribution in [0.5, 0.6) is 11.5 Å². The van der Waals surface area contributed by atoms with Crippen molar-refractivity contribution in [2.75, 3.05) is 12.4 Å². The smallest absolute Gasteiger partial charge is 0.265 e. The molecule has 2 aromatic carbocycles. The molecule has 5 nitrogen and oxygen atoms in total. The SMILES string of the molecule is COc1ccc(OC(C)C(=O)Nc2ccc3nc(C)sc3c2)cc1. The van der Waals surface area contributed by atoms with Gasteiger partial charge in [-0.1, -0.05) is 0 Å². The summed E-state index contributed by atoms with van der Waals surface area (Å²) in [6.45, 7) is 3.68. The zero-order chi connectivity index (χ0) is 17.1. The average molecular weight is 342 g/mol. The van der Waals surface area contributed by atoms with Crippen molar-refractivity contribution < 1.29 is 14.3 Å². The summed E-state index contributed by atoms with van der Waals surface area (Å²) < 4.78 is 11.8. The zero-order valence-electron chi connectivity index (χ0n) is 13.7. The number of nitrogens with zero attached hydrogens (tertiary/aromatic N) is 1. The second-order valence-corrected chi connectivity index (χ2v) is 6.58. The summed E-state index contributed by atoms with van der Waals surface area (Å²) in [5.41, 5.74) is 1.68. The number of aryl methyl sites for hydroxylation is 1. The summed E-state index contributed by atoms with van der Waals surface area (Å²) in [5.74, 6) is 1.16. The molecule has 0 aliphatic carbocycles. The molecule has 1 atom stereocenters. The van der Waals surface area contributed by atoms with Gasteiger partial charge in [0.25, 0.3) is 5.91 Å². The molecule has 6 heteroatoms. The number of fused-ring (bicyclic) bond motifs is 1. The third-order valence-electron chi connectivity index (χ3n) is 3.50. The maximum Gasteiger partial charge on any atom is 0.265 e. The Bertz CT molecular complexity index is 858. The number of aromatic nitrogens is 1. The summed E-state index contributed by atoms with van der Waals surface area (Å²) in [6, 6.07) is 12.8. The standard InChI is InChI=1S/C18H18N2O3S/c1-11(23-15-7-5-14(22-3)6-8-15)18(21)20-13-4-9-16-17(10-13)24-12(2)19-16/h4-11H,1-3H3,(H,20,21). The molecule has 0 saturated carbocycles. The Morgan fingerprint density at radius 1 is 1.17 bits per heavy atom. The van der Waals surface area contributed by atoms with E-state index in [1.54, 1.807) is 49.6 Å². The predicted octanol–water partition coefficient (Wildman–Crippen LogP) is 4.02. The summed E-state index contributed by atoms with van der Waals surface area (Å²) in [7, 11) is 1.60. The van der Waals surface area contributed by atoms with E-state index in [0.717, 1.165) is 26.7 Å². The Morgan fingerprint density at radius 2 is 1.88 bits per heavy atom. The highest BCUT2D eigenvalue weighted by atomic mass is 32.1. The summed E-state index contributed by atoms with van der Waals surface area (Å²) in [5, 5.41) is 3.88. The molecule has 0 fully saturated rings. The van der Waals surface area contributed by atoms with Crippen LogP contribution < -0.4 is 14.8 Å². The number of benzene rings is 2. The maximum atomic E-state index is 12.3. The Kier molecular flexibility index (Phi) is 4.66. The number of hydrogen-bond donors (Lipinski definition) is 1. The molecular formula is C18H18N2O3S. The number of carbonyl (C=O) groups excluding carboxylic acids is 1. The average Bonchev–Trinajstić information content (AvgIpc) is 2.94. The molecule has 1 unspecified atom stereocenters. The molecule has 3 aromatic rings. The van der Waals surface area contributed by atoms with E-state index in [-0.39, 0.29) is 5.91 Å². The van der Waals surface area contributed by atoms with E-state index < -0.39 is 6.10 Å². The third kappa shape index (κ3) is 3.65. The minimum atomic E-state index is -0.614. The fourth-order valence-corrected chi connectivity index (χ4v) is 3.14. The molecule has 1 amide bonds. The lowest BCUT2D eigenvalue weighted by Gasteiger charge is -2.15. The van der Waals surface area contributed by atoms with E-state index in [1.165, 1.54) is 0 Å². The first-order valence-electron chi connectivity index (χ1n) is 7.54. The minimum absolute atomic E-state index is 0.202. The van der Waals surface area contributed by atoms with Gasteiger partial charge in [-0.15, -0.1) is 11.3 Å². The summed E-state index contributed by atoms with van der Waals surface area (Å²) in [6.07, 6.45) is -0.614. The van der Waals surface area contributed by atoms with Crippen molar-refractivity contribution in [1.29, 1.82) is 0 Å². The van der Waals surface area contributed by atoms with Gasteiger partial charge in [-0.2, -0.15) is 0 Å². The highest BCUT2D eigenvalue weighted by Crippen LogP contribution is 2.25. The van der Waals surface area contributed by atoms with Crippen LogP contribution in [-0.2, 0) is 4.79 Å². The van der Waals surface area contributed by atoms with Crippen molar-refractivity contribution in [3.05, 3.63) is 47.5 Å². The van der Waals surface area contributed by atoms with Crippen LogP contribution in [0.3, 0.4) is 0 Å². The number of anilines is 1. The number of hydrogen-bond acceptors (Lipinski definition) is 5. The van der Waals surface area contributed by atoms with E-state index in [4.69, 9.17) is 9.47 Å². The fraction of sp³-hybridized carbons (Fsp3) is 0.222. The van der Waals surface area contributed by atoms with Gasteiger partial charge >= 0.3 is 0 Å². The Balaban J connectivity index is 1.65. The number of amides is 1. The van der Waals surface area contributed by atoms with Gasteiger partial charge in [-0.05, 0) is 56.3 Å². The lowest BCUT2D eigenvalue weighted by atomic mass is 10.2. The number of thiazole rings is 1. The molecule has 0 spiro atoms. The van der Waals surface area contributed by atoms with E-state index >= 15 is 0 Å². The monoisotopic (exact) mass is 342 g/mol. The zero-order valence-corrected chi connectivity index (χ0v) is 14.5. The first kappa shape index (κ1) is 16.3. The lowest BCUT2D eigenvalue weighted by Crippen LogP contribution is -2.30. The van der Waals surface area contributed by atoms with Gasteiger partial charge in [-0.25, -0.2) is 4.98 Å². The number of ether oxygens (including phenoxy) is 2. The van der Waals surface area contributed by atoms with Crippen molar-refractivity contribution in [2.24, 2.45) is 0 Å². The predicted molar refractivity (Wildman–Crippen MR) is 96.1 cm³/mol. The van der Waals surface area contributed by atoms with Crippen molar-refractivity contribution in [2.45, 2.75) is 20.0 Å². The van der Waals surface area contributed by atoms with E-state index in [1.807, 2.05) is 25.1 Å². The minimum Gasteiger partial charge on any atom is -0.497 e. The van der Waals surface area contributed by atoms with Crippen molar-refractivity contribution in [3.8, 4) is 11.5 Å². The van der Waals surface area contributed by atoms with Gasteiger partial charge in [0.2, 0.25) is 0 Å². The number of carbonyl (C=O) groups is 1. The summed E-state index contributed by atoms with van der Waals surface area (Å²) >= 11 is 1.60. The Hall–Kier alpha value is -2.60. The van der Waals surface area contributed by atoms with Crippen LogP contribution in [0.4, 0.5) is 5.69 Å². The van der Waals surface area contributed by atoms with E-state index in [9.17, 15) is 4.79 Å². The van der Waals surface area contributed by atoms with Crippen LogP contribution >= 0.6 is 11.3 Å². The molecule has 1 N–H and O–H groups in total. The van der Waals surface area contributed by atoms with Crippen LogP contribution in [0.1, 0.15) is 11.9 Å². The van der Waals surface area contributed by atoms with E-state index in [0.29, 0.717) is 5.75 Å². The Morgan fingerprint density at radius 3 is 2.58 bits per heavy atom. The van der Waals surface area contributed by atoms with Gasteiger partial charge < -0.3 is 14.8 Å². The van der Waals surface area contributed by atoms with Crippen molar-refractivity contribution in [3.63, 3.8) is 0 Å². The first-order valence-corrected chi connectivity index (χ1v) is 8.35.